The molecule has 1 aliphatic rings. The number of hydrogen-bond donors (Lipinski definition) is 1. The predicted molar refractivity (Wildman–Crippen MR) is 81.7 cm³/mol. The number of aryl methyl sites for hydroxylation is 2. The molecular weight excluding hydrogens is 264 g/mol. The van der Waals surface area contributed by atoms with Crippen molar-refractivity contribution in [3.05, 3.63) is 47.5 Å². The van der Waals surface area contributed by atoms with Crippen molar-refractivity contribution in [1.29, 1.82) is 0 Å². The average Bonchev–Trinajstić information content (AvgIpc) is 3.19. The van der Waals surface area contributed by atoms with Crippen molar-refractivity contribution in [1.82, 2.24) is 14.5 Å². The summed E-state index contributed by atoms with van der Waals surface area (Å²) in [6, 6.07) is 5.79. The number of carbonyl (C=O) groups is 1. The van der Waals surface area contributed by atoms with Crippen LogP contribution >= 0.6 is 0 Å². The van der Waals surface area contributed by atoms with Gasteiger partial charge in [-0.2, -0.15) is 0 Å². The van der Waals surface area contributed by atoms with E-state index in [9.17, 15) is 4.79 Å². The van der Waals surface area contributed by atoms with Crippen LogP contribution in [0.1, 0.15) is 34.6 Å². The quantitative estimate of drug-likeness (QED) is 0.875. The SMILES string of the molecule is Cc1cc(N)ccc1C(=O)N(Cc1nccn1C)C1CC1. The second-order valence-electron chi connectivity index (χ2n) is 5.69. The third-order valence-corrected chi connectivity index (χ3v) is 3.96. The number of hydrogen-bond acceptors (Lipinski definition) is 3. The molecule has 0 bridgehead atoms. The highest BCUT2D eigenvalue weighted by molar-refractivity contribution is 5.96. The molecule has 0 atom stereocenters. The fourth-order valence-electron chi connectivity index (χ4n) is 2.54. The Morgan fingerprint density at radius 1 is 1.48 bits per heavy atom. The van der Waals surface area contributed by atoms with Gasteiger partial charge in [0.05, 0.1) is 6.54 Å². The molecule has 1 fully saturated rings. The Labute approximate surface area is 124 Å². The van der Waals surface area contributed by atoms with Crippen molar-refractivity contribution in [2.24, 2.45) is 7.05 Å². The molecule has 0 unspecified atom stereocenters. The Kier molecular flexibility index (Phi) is 3.41. The Morgan fingerprint density at radius 3 is 2.81 bits per heavy atom. The molecule has 5 nitrogen and oxygen atoms in total. The number of rotatable bonds is 4. The second-order valence-corrected chi connectivity index (χ2v) is 5.69. The van der Waals surface area contributed by atoms with Crippen LogP contribution < -0.4 is 5.73 Å². The molecule has 5 heteroatoms. The molecule has 1 aromatic heterocycles. The fraction of sp³-hybridized carbons (Fsp3) is 0.375. The number of carbonyl (C=O) groups excluding carboxylic acids is 1. The molecule has 1 heterocycles. The van der Waals surface area contributed by atoms with E-state index in [2.05, 4.69) is 4.98 Å². The number of nitrogens with zero attached hydrogens (tertiary/aromatic N) is 3. The minimum atomic E-state index is 0.0676. The lowest BCUT2D eigenvalue weighted by molar-refractivity contribution is 0.0723. The van der Waals surface area contributed by atoms with E-state index in [1.54, 1.807) is 12.3 Å². The topological polar surface area (TPSA) is 64.2 Å². The zero-order valence-electron chi connectivity index (χ0n) is 12.4. The number of nitrogen functional groups attached to an aromatic ring is 1. The van der Waals surface area contributed by atoms with E-state index in [4.69, 9.17) is 5.73 Å². The number of aromatic nitrogens is 2. The number of anilines is 1. The summed E-state index contributed by atoms with van der Waals surface area (Å²) in [4.78, 5) is 19.1. The summed E-state index contributed by atoms with van der Waals surface area (Å²) >= 11 is 0. The highest BCUT2D eigenvalue weighted by Crippen LogP contribution is 2.30. The fourth-order valence-corrected chi connectivity index (χ4v) is 2.54. The van der Waals surface area contributed by atoms with Crippen molar-refractivity contribution in [2.45, 2.75) is 32.4 Å². The molecule has 2 aromatic rings. The Balaban J connectivity index is 1.87. The van der Waals surface area contributed by atoms with E-state index >= 15 is 0 Å². The number of nitrogens with two attached hydrogens (primary N) is 1. The summed E-state index contributed by atoms with van der Waals surface area (Å²) in [5, 5.41) is 0. The van der Waals surface area contributed by atoms with Crippen LogP contribution in [-0.2, 0) is 13.6 Å². The molecule has 1 aromatic carbocycles. The minimum absolute atomic E-state index is 0.0676. The third-order valence-electron chi connectivity index (χ3n) is 3.96. The van der Waals surface area contributed by atoms with Gasteiger partial charge in [0.1, 0.15) is 5.82 Å². The first-order valence-electron chi connectivity index (χ1n) is 7.19. The second kappa shape index (κ2) is 5.24. The van der Waals surface area contributed by atoms with Gasteiger partial charge >= 0.3 is 0 Å². The standard InChI is InChI=1S/C16H20N4O/c1-11-9-12(17)3-6-14(11)16(21)20(13-4-5-13)10-15-18-7-8-19(15)2/h3,6-9,13H,4-5,10,17H2,1-2H3. The molecule has 0 aliphatic heterocycles. The maximum Gasteiger partial charge on any atom is 0.254 e. The summed E-state index contributed by atoms with van der Waals surface area (Å²) in [5.74, 6) is 0.973. The van der Waals surface area contributed by atoms with E-state index in [0.29, 0.717) is 18.3 Å². The summed E-state index contributed by atoms with van der Waals surface area (Å²) in [6.45, 7) is 2.48. The number of imidazole rings is 1. The largest absolute Gasteiger partial charge is 0.399 e. The lowest BCUT2D eigenvalue weighted by Gasteiger charge is -2.23. The van der Waals surface area contributed by atoms with Crippen LogP contribution in [0.4, 0.5) is 5.69 Å². The Morgan fingerprint density at radius 2 is 2.24 bits per heavy atom. The van der Waals surface area contributed by atoms with E-state index in [-0.39, 0.29) is 5.91 Å². The molecule has 0 radical (unpaired) electrons. The molecule has 1 saturated carbocycles. The first-order valence-corrected chi connectivity index (χ1v) is 7.19. The third kappa shape index (κ3) is 2.77. The molecule has 0 saturated heterocycles. The highest BCUT2D eigenvalue weighted by atomic mass is 16.2. The van der Waals surface area contributed by atoms with Gasteiger partial charge in [0.25, 0.3) is 5.91 Å². The molecule has 0 spiro atoms. The van der Waals surface area contributed by atoms with Gasteiger partial charge in [-0.25, -0.2) is 4.98 Å². The molecule has 1 amide bonds. The maximum absolute atomic E-state index is 12.8. The van der Waals surface area contributed by atoms with Crippen LogP contribution in [0.2, 0.25) is 0 Å². The van der Waals surface area contributed by atoms with Crippen LogP contribution in [-0.4, -0.2) is 26.4 Å². The van der Waals surface area contributed by atoms with Gasteiger partial charge in [0.2, 0.25) is 0 Å². The van der Waals surface area contributed by atoms with Gasteiger partial charge < -0.3 is 15.2 Å². The number of amides is 1. The van der Waals surface area contributed by atoms with Gasteiger partial charge in [0, 0.05) is 36.7 Å². The van der Waals surface area contributed by atoms with E-state index in [1.165, 1.54) is 0 Å². The van der Waals surface area contributed by atoms with Crippen molar-refractivity contribution < 1.29 is 4.79 Å². The Bertz CT molecular complexity index is 673. The molecule has 2 N–H and O–H groups in total. The molecule has 3 rings (SSSR count). The van der Waals surface area contributed by atoms with Crippen LogP contribution in [0.5, 0.6) is 0 Å². The van der Waals surface area contributed by atoms with Crippen LogP contribution in [0, 0.1) is 6.92 Å². The van der Waals surface area contributed by atoms with E-state index in [1.807, 2.05) is 41.8 Å². The zero-order valence-corrected chi connectivity index (χ0v) is 12.4. The predicted octanol–water partition coefficient (Wildman–Crippen LogP) is 2.12. The van der Waals surface area contributed by atoms with Crippen molar-refractivity contribution in [2.75, 3.05) is 5.73 Å². The smallest absolute Gasteiger partial charge is 0.254 e. The van der Waals surface area contributed by atoms with Crippen LogP contribution in [0.3, 0.4) is 0 Å². The molecule has 21 heavy (non-hydrogen) atoms. The zero-order chi connectivity index (χ0) is 15.0. The van der Waals surface area contributed by atoms with Gasteiger partial charge in [0.15, 0.2) is 0 Å². The molecule has 1 aliphatic carbocycles. The summed E-state index contributed by atoms with van der Waals surface area (Å²) < 4.78 is 1.96. The van der Waals surface area contributed by atoms with E-state index in [0.717, 1.165) is 29.8 Å². The lowest BCUT2D eigenvalue weighted by Crippen LogP contribution is -2.34. The summed E-state index contributed by atoms with van der Waals surface area (Å²) in [5.41, 5.74) is 8.10. The van der Waals surface area contributed by atoms with Crippen molar-refractivity contribution >= 4 is 11.6 Å². The van der Waals surface area contributed by atoms with E-state index < -0.39 is 0 Å². The maximum atomic E-state index is 12.8. The first kappa shape index (κ1) is 13.7. The Hall–Kier alpha value is -2.30. The minimum Gasteiger partial charge on any atom is -0.399 e. The van der Waals surface area contributed by atoms with Crippen LogP contribution in [0.15, 0.2) is 30.6 Å². The first-order chi connectivity index (χ1) is 10.1. The van der Waals surface area contributed by atoms with Crippen molar-refractivity contribution in [3.8, 4) is 0 Å². The van der Waals surface area contributed by atoms with Gasteiger partial charge in [-0.3, -0.25) is 4.79 Å². The average molecular weight is 284 g/mol. The summed E-state index contributed by atoms with van der Waals surface area (Å²) in [7, 11) is 1.95. The van der Waals surface area contributed by atoms with Crippen molar-refractivity contribution in [3.63, 3.8) is 0 Å². The number of benzene rings is 1. The van der Waals surface area contributed by atoms with Crippen LogP contribution in [0.25, 0.3) is 0 Å². The molecular formula is C16H20N4O. The molecule has 110 valence electrons. The lowest BCUT2D eigenvalue weighted by atomic mass is 10.1. The van der Waals surface area contributed by atoms with Gasteiger partial charge in [-0.05, 0) is 43.5 Å². The summed E-state index contributed by atoms with van der Waals surface area (Å²) in [6.07, 6.45) is 5.81. The highest BCUT2D eigenvalue weighted by Gasteiger charge is 2.34. The monoisotopic (exact) mass is 284 g/mol. The normalized spacial score (nSPS) is 14.2. The van der Waals surface area contributed by atoms with Gasteiger partial charge in [-0.15, -0.1) is 0 Å². The van der Waals surface area contributed by atoms with Gasteiger partial charge in [-0.1, -0.05) is 0 Å².